The molecule has 1 N–H and O–H groups in total. The SMILES string of the molecule is CN(C)[C@]1(c2ccccc2)CC[C@]2(CC1)CN(CC(=O)Nc1ccc(C#N)cn1)C(=O)N2CC1CCC1. The van der Waals surface area contributed by atoms with E-state index in [9.17, 15) is 9.59 Å². The minimum absolute atomic E-state index is 0.000933. The number of rotatable bonds is 7. The molecule has 2 aliphatic carbocycles. The Kier molecular flexibility index (Phi) is 6.91. The van der Waals surface area contributed by atoms with Crippen LogP contribution in [0.1, 0.15) is 56.1 Å². The van der Waals surface area contributed by atoms with Gasteiger partial charge in [-0.1, -0.05) is 36.8 Å². The first-order valence-corrected chi connectivity index (χ1v) is 13.3. The summed E-state index contributed by atoms with van der Waals surface area (Å²) in [5.74, 6) is 0.675. The molecule has 0 radical (unpaired) electrons. The summed E-state index contributed by atoms with van der Waals surface area (Å²) in [5.41, 5.74) is 1.47. The number of amides is 3. The predicted octanol–water partition coefficient (Wildman–Crippen LogP) is 4.20. The summed E-state index contributed by atoms with van der Waals surface area (Å²) >= 11 is 0. The maximum atomic E-state index is 13.7. The monoisotopic (exact) mass is 500 g/mol. The van der Waals surface area contributed by atoms with Crippen LogP contribution in [0.25, 0.3) is 0 Å². The number of hydrogen-bond acceptors (Lipinski definition) is 5. The van der Waals surface area contributed by atoms with Gasteiger partial charge in [0.05, 0.1) is 11.1 Å². The van der Waals surface area contributed by atoms with Crippen molar-refractivity contribution in [2.24, 2.45) is 5.92 Å². The number of nitriles is 1. The zero-order valence-corrected chi connectivity index (χ0v) is 21.8. The number of hydrogen-bond donors (Lipinski definition) is 1. The molecular formula is C29H36N6O2. The Morgan fingerprint density at radius 2 is 1.86 bits per heavy atom. The smallest absolute Gasteiger partial charge is 0.317 e. The van der Waals surface area contributed by atoms with Gasteiger partial charge in [0.15, 0.2) is 0 Å². The molecule has 37 heavy (non-hydrogen) atoms. The van der Waals surface area contributed by atoms with Crippen molar-refractivity contribution in [2.75, 3.05) is 39.0 Å². The summed E-state index contributed by atoms with van der Waals surface area (Å²) in [5, 5.41) is 11.7. The number of pyridine rings is 1. The molecular weight excluding hydrogens is 464 g/mol. The Morgan fingerprint density at radius 3 is 2.43 bits per heavy atom. The van der Waals surface area contributed by atoms with Gasteiger partial charge in [0.2, 0.25) is 5.91 Å². The molecule has 1 aromatic heterocycles. The largest absolute Gasteiger partial charge is 0.321 e. The van der Waals surface area contributed by atoms with E-state index in [1.807, 2.05) is 6.07 Å². The van der Waals surface area contributed by atoms with E-state index >= 15 is 0 Å². The molecule has 3 aliphatic rings. The Hall–Kier alpha value is -3.44. The molecule has 1 aromatic carbocycles. The quantitative estimate of drug-likeness (QED) is 0.615. The molecule has 1 aliphatic heterocycles. The van der Waals surface area contributed by atoms with Gasteiger partial charge in [-0.15, -0.1) is 0 Å². The van der Waals surface area contributed by atoms with Gasteiger partial charge in [0, 0.05) is 24.8 Å². The van der Waals surface area contributed by atoms with Crippen molar-refractivity contribution >= 4 is 17.8 Å². The van der Waals surface area contributed by atoms with Gasteiger partial charge < -0.3 is 15.1 Å². The lowest BCUT2D eigenvalue weighted by atomic mass is 9.68. The van der Waals surface area contributed by atoms with Crippen LogP contribution in [-0.4, -0.2) is 70.9 Å². The molecule has 5 rings (SSSR count). The zero-order chi connectivity index (χ0) is 26.0. The fourth-order valence-corrected chi connectivity index (χ4v) is 6.40. The number of nitrogens with zero attached hydrogens (tertiary/aromatic N) is 5. The van der Waals surface area contributed by atoms with Crippen LogP contribution in [0.4, 0.5) is 10.6 Å². The summed E-state index contributed by atoms with van der Waals surface area (Å²) < 4.78 is 0. The van der Waals surface area contributed by atoms with E-state index < -0.39 is 0 Å². The molecule has 2 heterocycles. The molecule has 1 saturated heterocycles. The molecule has 0 unspecified atom stereocenters. The van der Waals surface area contributed by atoms with Gasteiger partial charge in [0.1, 0.15) is 18.4 Å². The molecule has 2 saturated carbocycles. The number of carbonyl (C=O) groups excluding carboxylic acids is 2. The van der Waals surface area contributed by atoms with Crippen LogP contribution in [-0.2, 0) is 10.3 Å². The number of nitrogens with one attached hydrogen (secondary N) is 1. The molecule has 0 bridgehead atoms. The highest BCUT2D eigenvalue weighted by molar-refractivity contribution is 5.94. The summed E-state index contributed by atoms with van der Waals surface area (Å²) in [6.07, 6.45) is 8.77. The highest BCUT2D eigenvalue weighted by Gasteiger charge is 2.55. The number of aromatic nitrogens is 1. The lowest BCUT2D eigenvalue weighted by Gasteiger charge is -2.51. The second-order valence-corrected chi connectivity index (χ2v) is 11.2. The molecule has 194 valence electrons. The Balaban J connectivity index is 1.33. The van der Waals surface area contributed by atoms with E-state index in [-0.39, 0.29) is 29.6 Å². The summed E-state index contributed by atoms with van der Waals surface area (Å²) in [4.78, 5) is 36.9. The van der Waals surface area contributed by atoms with E-state index in [4.69, 9.17) is 5.26 Å². The predicted molar refractivity (Wildman–Crippen MR) is 142 cm³/mol. The maximum absolute atomic E-state index is 13.7. The van der Waals surface area contributed by atoms with Crippen molar-refractivity contribution in [1.82, 2.24) is 19.7 Å². The minimum Gasteiger partial charge on any atom is -0.317 e. The van der Waals surface area contributed by atoms with E-state index in [2.05, 4.69) is 64.5 Å². The van der Waals surface area contributed by atoms with Crippen LogP contribution in [0.3, 0.4) is 0 Å². The van der Waals surface area contributed by atoms with Crippen molar-refractivity contribution in [3.8, 4) is 6.07 Å². The fourth-order valence-electron chi connectivity index (χ4n) is 6.40. The van der Waals surface area contributed by atoms with Crippen molar-refractivity contribution in [2.45, 2.75) is 56.0 Å². The summed E-state index contributed by atoms with van der Waals surface area (Å²) in [7, 11) is 4.31. The molecule has 2 aromatic rings. The van der Waals surface area contributed by atoms with Gasteiger partial charge in [-0.25, -0.2) is 9.78 Å². The van der Waals surface area contributed by atoms with E-state index in [0.717, 1.165) is 32.2 Å². The van der Waals surface area contributed by atoms with Crippen LogP contribution in [0, 0.1) is 17.2 Å². The van der Waals surface area contributed by atoms with Crippen molar-refractivity contribution in [1.29, 1.82) is 5.26 Å². The second kappa shape index (κ2) is 10.1. The third-order valence-corrected chi connectivity index (χ3v) is 8.89. The van der Waals surface area contributed by atoms with Gasteiger partial charge in [0.25, 0.3) is 0 Å². The number of urea groups is 1. The number of benzene rings is 1. The molecule has 8 nitrogen and oxygen atoms in total. The summed E-state index contributed by atoms with van der Waals surface area (Å²) in [6.45, 7) is 1.36. The highest BCUT2D eigenvalue weighted by atomic mass is 16.2. The van der Waals surface area contributed by atoms with Gasteiger partial charge in [-0.2, -0.15) is 5.26 Å². The molecule has 3 fully saturated rings. The van der Waals surface area contributed by atoms with Crippen LogP contribution in [0.15, 0.2) is 48.7 Å². The highest BCUT2D eigenvalue weighted by Crippen LogP contribution is 2.49. The minimum atomic E-state index is -0.270. The maximum Gasteiger partial charge on any atom is 0.321 e. The molecule has 3 amide bonds. The third-order valence-electron chi connectivity index (χ3n) is 8.89. The number of carbonyl (C=O) groups is 2. The van der Waals surface area contributed by atoms with Crippen molar-refractivity contribution < 1.29 is 9.59 Å². The fraction of sp³-hybridized carbons (Fsp3) is 0.517. The Bertz CT molecular complexity index is 1160. The van der Waals surface area contributed by atoms with Crippen LogP contribution >= 0.6 is 0 Å². The average molecular weight is 501 g/mol. The van der Waals surface area contributed by atoms with Crippen LogP contribution in [0.2, 0.25) is 0 Å². The molecule has 0 atom stereocenters. The van der Waals surface area contributed by atoms with Crippen LogP contribution in [0.5, 0.6) is 0 Å². The lowest BCUT2D eigenvalue weighted by Crippen LogP contribution is -2.56. The Labute approximate surface area is 219 Å². The van der Waals surface area contributed by atoms with E-state index in [1.54, 1.807) is 17.0 Å². The zero-order valence-electron chi connectivity index (χ0n) is 21.8. The lowest BCUT2D eigenvalue weighted by molar-refractivity contribution is -0.116. The van der Waals surface area contributed by atoms with Gasteiger partial charge >= 0.3 is 6.03 Å². The van der Waals surface area contributed by atoms with Crippen molar-refractivity contribution in [3.63, 3.8) is 0 Å². The van der Waals surface area contributed by atoms with E-state index in [0.29, 0.717) is 23.8 Å². The van der Waals surface area contributed by atoms with Gasteiger partial charge in [-0.3, -0.25) is 9.69 Å². The summed E-state index contributed by atoms with van der Waals surface area (Å²) in [6, 6.07) is 15.9. The topological polar surface area (TPSA) is 92.6 Å². The second-order valence-electron chi connectivity index (χ2n) is 11.2. The van der Waals surface area contributed by atoms with Crippen LogP contribution < -0.4 is 5.32 Å². The average Bonchev–Trinajstić information content (AvgIpc) is 3.12. The van der Waals surface area contributed by atoms with Gasteiger partial charge in [-0.05, 0) is 76.2 Å². The first-order chi connectivity index (χ1) is 17.8. The molecule has 8 heteroatoms. The standard InChI is InChI=1S/C29H36N6O2/c1-33(2)29(24-9-4-3-5-10-24)15-13-28(14-16-29)21-34(27(37)35(28)19-22-7-6-8-22)20-26(36)32-25-12-11-23(17-30)18-31-25/h3-5,9-12,18,22H,6-8,13-16,19-21H2,1-2H3,(H,31,32,36)/t28-,29+. The normalized spacial score (nSPS) is 25.8. The Morgan fingerprint density at radius 1 is 1.14 bits per heavy atom. The third kappa shape index (κ3) is 4.80. The first kappa shape index (κ1) is 25.2. The van der Waals surface area contributed by atoms with Crippen molar-refractivity contribution in [3.05, 3.63) is 59.8 Å². The number of anilines is 1. The van der Waals surface area contributed by atoms with E-state index in [1.165, 1.54) is 31.0 Å². The first-order valence-electron chi connectivity index (χ1n) is 13.3. The molecule has 1 spiro atoms.